The molecule has 0 aliphatic carbocycles. The van der Waals surface area contributed by atoms with Crippen LogP contribution in [0.15, 0.2) is 39.1 Å². The fraction of sp³-hybridized carbons (Fsp3) is 0.0909. The number of nitrogens with zero attached hydrogens (tertiary/aromatic N) is 1. The van der Waals surface area contributed by atoms with E-state index in [0.29, 0.717) is 0 Å². The molecule has 1 heterocycles. The number of benzene rings is 1. The number of rotatable bonds is 4. The molecule has 1 aromatic carbocycles. The van der Waals surface area contributed by atoms with Crippen LogP contribution in [0.25, 0.3) is 0 Å². The lowest BCUT2D eigenvalue weighted by molar-refractivity contribution is -0.131. The van der Waals surface area contributed by atoms with Crippen LogP contribution in [0.1, 0.15) is 0 Å². The third-order valence-corrected chi connectivity index (χ3v) is 3.68. The van der Waals surface area contributed by atoms with Crippen molar-refractivity contribution in [1.29, 1.82) is 0 Å². The molecule has 0 spiro atoms. The van der Waals surface area contributed by atoms with Crippen LogP contribution in [0.4, 0.5) is 0 Å². The van der Waals surface area contributed by atoms with Gasteiger partial charge in [-0.05, 0) is 12.1 Å². The van der Waals surface area contributed by atoms with Gasteiger partial charge in [-0.25, -0.2) is 4.79 Å². The Morgan fingerprint density at radius 2 is 2.00 bits per heavy atom. The van der Waals surface area contributed by atoms with E-state index >= 15 is 0 Å². The number of hydrogen-bond donors (Lipinski definition) is 2. The Kier molecular flexibility index (Phi) is 3.26. The van der Waals surface area contributed by atoms with Crippen LogP contribution < -0.4 is 4.74 Å². The SMILES string of the molecule is O=C(O)C1=C(COc2ccccc2O)C=NS1(=O)=O. The first kappa shape index (κ1) is 13.1. The van der Waals surface area contributed by atoms with Crippen LogP contribution in [0.3, 0.4) is 0 Å². The summed E-state index contributed by atoms with van der Waals surface area (Å²) in [5.74, 6) is -1.59. The van der Waals surface area contributed by atoms with E-state index in [1.165, 1.54) is 12.1 Å². The lowest BCUT2D eigenvalue weighted by Gasteiger charge is -2.07. The molecule has 8 heteroatoms. The van der Waals surface area contributed by atoms with Gasteiger partial charge in [0.05, 0.1) is 0 Å². The summed E-state index contributed by atoms with van der Waals surface area (Å²) in [6.45, 7) is -0.318. The van der Waals surface area contributed by atoms with E-state index in [2.05, 4.69) is 4.40 Å². The quantitative estimate of drug-likeness (QED) is 0.833. The number of hydrogen-bond acceptors (Lipinski definition) is 5. The van der Waals surface area contributed by atoms with Gasteiger partial charge in [0.1, 0.15) is 6.61 Å². The van der Waals surface area contributed by atoms with Gasteiger partial charge >= 0.3 is 5.97 Å². The third-order valence-electron chi connectivity index (χ3n) is 2.34. The number of sulfonamides is 1. The van der Waals surface area contributed by atoms with E-state index < -0.39 is 20.9 Å². The molecule has 1 aliphatic heterocycles. The highest BCUT2D eigenvalue weighted by molar-refractivity contribution is 7.95. The van der Waals surface area contributed by atoms with Gasteiger partial charge in [-0.15, -0.1) is 0 Å². The molecule has 0 unspecified atom stereocenters. The molecule has 0 radical (unpaired) electrons. The van der Waals surface area contributed by atoms with Crippen molar-refractivity contribution in [3.8, 4) is 11.5 Å². The number of phenolic OH excluding ortho intramolecular Hbond substituents is 1. The number of aromatic hydroxyl groups is 1. The molecule has 2 N–H and O–H groups in total. The van der Waals surface area contributed by atoms with Gasteiger partial charge in [-0.1, -0.05) is 12.1 Å². The van der Waals surface area contributed by atoms with E-state index in [9.17, 15) is 18.3 Å². The number of para-hydroxylation sites is 2. The van der Waals surface area contributed by atoms with Crippen molar-refractivity contribution in [2.45, 2.75) is 0 Å². The molecule has 0 fully saturated rings. The summed E-state index contributed by atoms with van der Waals surface area (Å²) >= 11 is 0. The van der Waals surface area contributed by atoms with E-state index in [0.717, 1.165) is 6.21 Å². The van der Waals surface area contributed by atoms with E-state index in [1.54, 1.807) is 12.1 Å². The highest BCUT2D eigenvalue weighted by atomic mass is 32.2. The molecule has 0 atom stereocenters. The molecule has 1 aliphatic rings. The van der Waals surface area contributed by atoms with Crippen LogP contribution >= 0.6 is 0 Å². The standard InChI is InChI=1S/C11H9NO6S/c13-8-3-1-2-4-9(8)18-6-7-5-12-19(16,17)10(7)11(14)15/h1-5,13H,6H2,(H,14,15). The summed E-state index contributed by atoms with van der Waals surface area (Å²) in [6, 6.07) is 6.06. The average Bonchev–Trinajstić information content (AvgIpc) is 2.63. The van der Waals surface area contributed by atoms with E-state index in [-0.39, 0.29) is 23.7 Å². The monoisotopic (exact) mass is 283 g/mol. The maximum Gasteiger partial charge on any atom is 0.349 e. The van der Waals surface area contributed by atoms with Crippen LogP contribution in [-0.4, -0.2) is 37.4 Å². The number of carboxylic acids is 1. The van der Waals surface area contributed by atoms with Crippen LogP contribution in [0.2, 0.25) is 0 Å². The first-order chi connectivity index (χ1) is 8.92. The lowest BCUT2D eigenvalue weighted by atomic mass is 10.2. The summed E-state index contributed by atoms with van der Waals surface area (Å²) in [4.78, 5) is 10.1. The first-order valence-corrected chi connectivity index (χ1v) is 6.53. The summed E-state index contributed by atoms with van der Waals surface area (Å²) in [5.41, 5.74) is -0.0734. The van der Waals surface area contributed by atoms with Gasteiger partial charge in [0.2, 0.25) is 0 Å². The molecule has 7 nitrogen and oxygen atoms in total. The van der Waals surface area contributed by atoms with Crippen molar-refractivity contribution in [3.63, 3.8) is 0 Å². The number of ether oxygens (including phenoxy) is 1. The number of aliphatic carboxylic acids is 1. The van der Waals surface area contributed by atoms with Gasteiger partial charge in [0.15, 0.2) is 16.4 Å². The largest absolute Gasteiger partial charge is 0.504 e. The Morgan fingerprint density at radius 1 is 1.32 bits per heavy atom. The topological polar surface area (TPSA) is 113 Å². The minimum absolute atomic E-state index is 0.0734. The number of carboxylic acid groups (broad SMARTS) is 1. The van der Waals surface area contributed by atoms with Crippen LogP contribution in [-0.2, 0) is 14.8 Å². The molecule has 19 heavy (non-hydrogen) atoms. The Labute approximate surface area is 108 Å². The fourth-order valence-corrected chi connectivity index (χ4v) is 2.53. The molecule has 1 aromatic rings. The average molecular weight is 283 g/mol. The Bertz CT molecular complexity index is 689. The van der Waals surface area contributed by atoms with Crippen molar-refractivity contribution in [2.24, 2.45) is 4.40 Å². The predicted molar refractivity (Wildman–Crippen MR) is 65.7 cm³/mol. The summed E-state index contributed by atoms with van der Waals surface area (Å²) in [6.07, 6.45) is 0.929. The zero-order chi connectivity index (χ0) is 14.0. The van der Waals surface area contributed by atoms with Gasteiger partial charge in [-0.3, -0.25) is 0 Å². The van der Waals surface area contributed by atoms with Crippen molar-refractivity contribution in [3.05, 3.63) is 34.7 Å². The van der Waals surface area contributed by atoms with Crippen molar-refractivity contribution < 1.29 is 28.2 Å². The molecular weight excluding hydrogens is 274 g/mol. The molecule has 0 aromatic heterocycles. The number of phenols is 1. The molecule has 100 valence electrons. The van der Waals surface area contributed by atoms with Crippen molar-refractivity contribution in [1.82, 2.24) is 0 Å². The van der Waals surface area contributed by atoms with Crippen molar-refractivity contribution in [2.75, 3.05) is 6.61 Å². The molecular formula is C11H9NO6S. The second-order valence-electron chi connectivity index (χ2n) is 3.63. The minimum Gasteiger partial charge on any atom is -0.504 e. The normalized spacial score (nSPS) is 16.6. The Hall–Kier alpha value is -2.35. The molecule has 0 saturated heterocycles. The summed E-state index contributed by atoms with van der Waals surface area (Å²) in [7, 11) is -4.14. The van der Waals surface area contributed by atoms with E-state index in [1.807, 2.05) is 0 Å². The maximum absolute atomic E-state index is 11.4. The minimum atomic E-state index is -4.14. The molecule has 0 amide bonds. The highest BCUT2D eigenvalue weighted by Gasteiger charge is 2.32. The summed E-state index contributed by atoms with van der Waals surface area (Å²) in [5, 5.41) is 18.3. The zero-order valence-corrected chi connectivity index (χ0v) is 10.3. The van der Waals surface area contributed by atoms with Gasteiger partial charge < -0.3 is 14.9 Å². The van der Waals surface area contributed by atoms with Gasteiger partial charge in [0.25, 0.3) is 10.0 Å². The van der Waals surface area contributed by atoms with Gasteiger partial charge in [-0.2, -0.15) is 12.8 Å². The smallest absolute Gasteiger partial charge is 0.349 e. The lowest BCUT2D eigenvalue weighted by Crippen LogP contribution is -2.12. The molecule has 2 rings (SSSR count). The second-order valence-corrected chi connectivity index (χ2v) is 5.19. The third kappa shape index (κ3) is 2.58. The van der Waals surface area contributed by atoms with Gasteiger partial charge in [0, 0.05) is 11.8 Å². The second kappa shape index (κ2) is 4.73. The van der Waals surface area contributed by atoms with Crippen molar-refractivity contribution >= 4 is 22.2 Å². The maximum atomic E-state index is 11.4. The highest BCUT2D eigenvalue weighted by Crippen LogP contribution is 2.26. The van der Waals surface area contributed by atoms with Crippen LogP contribution in [0, 0.1) is 0 Å². The Morgan fingerprint density at radius 3 is 2.63 bits per heavy atom. The fourth-order valence-electron chi connectivity index (χ4n) is 1.50. The van der Waals surface area contributed by atoms with Crippen LogP contribution in [0.5, 0.6) is 11.5 Å². The predicted octanol–water partition coefficient (Wildman–Crippen LogP) is 0.524. The molecule has 0 bridgehead atoms. The zero-order valence-electron chi connectivity index (χ0n) is 9.48. The Balaban J connectivity index is 2.24. The summed E-state index contributed by atoms with van der Waals surface area (Å²) < 4.78 is 31.0. The van der Waals surface area contributed by atoms with E-state index in [4.69, 9.17) is 9.84 Å². The first-order valence-electron chi connectivity index (χ1n) is 5.09. The number of carbonyl (C=O) groups is 1. The molecule has 0 saturated carbocycles.